The van der Waals surface area contributed by atoms with Gasteiger partial charge in [0.2, 0.25) is 0 Å². The smallest absolute Gasteiger partial charge is 0.412 e. The number of hydrogen-bond acceptors (Lipinski definition) is 3. The molecule has 0 aliphatic heterocycles. The highest BCUT2D eigenvalue weighted by atomic mass is 35.5. The van der Waals surface area contributed by atoms with Gasteiger partial charge in [0.15, 0.2) is 0 Å². The van der Waals surface area contributed by atoms with Crippen LogP contribution in [0, 0.1) is 0 Å². The molecule has 0 radical (unpaired) electrons. The zero-order valence-electron chi connectivity index (χ0n) is 12.1. The first kappa shape index (κ1) is 15.1. The number of benzene rings is 1. The van der Waals surface area contributed by atoms with Crippen LogP contribution in [-0.4, -0.2) is 11.7 Å². The van der Waals surface area contributed by atoms with E-state index in [2.05, 4.69) is 5.32 Å². The third-order valence-electron chi connectivity index (χ3n) is 3.40. The standard InChI is InChI=1S/C15H21ClN2O2/c1-14(2,3)20-13(19)18-12-6-5-10(16)9-11(12)15(17)7-4-8-15/h5-6,9H,4,7-8,17H2,1-3H3,(H,18,19). The van der Waals surface area contributed by atoms with E-state index in [0.29, 0.717) is 10.7 Å². The van der Waals surface area contributed by atoms with E-state index in [4.69, 9.17) is 22.1 Å². The van der Waals surface area contributed by atoms with Gasteiger partial charge < -0.3 is 10.5 Å². The third kappa shape index (κ3) is 3.44. The molecular formula is C15H21ClN2O2. The minimum Gasteiger partial charge on any atom is -0.444 e. The minimum atomic E-state index is -0.534. The van der Waals surface area contributed by atoms with Crippen LogP contribution in [0.2, 0.25) is 5.02 Å². The summed E-state index contributed by atoms with van der Waals surface area (Å²) >= 11 is 6.05. The minimum absolute atomic E-state index is 0.394. The van der Waals surface area contributed by atoms with Crippen LogP contribution >= 0.6 is 11.6 Å². The summed E-state index contributed by atoms with van der Waals surface area (Å²) < 4.78 is 5.27. The average Bonchev–Trinajstić information content (AvgIpc) is 2.26. The second kappa shape index (κ2) is 5.26. The van der Waals surface area contributed by atoms with E-state index in [0.717, 1.165) is 24.8 Å². The number of ether oxygens (including phenoxy) is 1. The molecule has 0 atom stereocenters. The Morgan fingerprint density at radius 3 is 2.55 bits per heavy atom. The third-order valence-corrected chi connectivity index (χ3v) is 3.63. The Morgan fingerprint density at radius 1 is 1.40 bits per heavy atom. The molecular weight excluding hydrogens is 276 g/mol. The van der Waals surface area contributed by atoms with E-state index in [-0.39, 0.29) is 0 Å². The molecule has 0 bridgehead atoms. The molecule has 4 nitrogen and oxygen atoms in total. The fraction of sp³-hybridized carbons (Fsp3) is 0.533. The van der Waals surface area contributed by atoms with Gasteiger partial charge in [-0.1, -0.05) is 11.6 Å². The highest BCUT2D eigenvalue weighted by Gasteiger charge is 2.36. The number of rotatable bonds is 2. The molecule has 1 fully saturated rings. The van der Waals surface area contributed by atoms with Crippen molar-refractivity contribution in [3.63, 3.8) is 0 Å². The van der Waals surface area contributed by atoms with Gasteiger partial charge in [0.25, 0.3) is 0 Å². The SMILES string of the molecule is CC(C)(C)OC(=O)Nc1ccc(Cl)cc1C1(N)CCC1. The highest BCUT2D eigenvalue weighted by molar-refractivity contribution is 6.30. The van der Waals surface area contributed by atoms with Crippen molar-refractivity contribution >= 4 is 23.4 Å². The number of nitrogens with two attached hydrogens (primary N) is 1. The lowest BCUT2D eigenvalue weighted by atomic mass is 9.72. The first-order chi connectivity index (χ1) is 9.20. The Kier molecular flexibility index (Phi) is 3.98. The maximum absolute atomic E-state index is 11.9. The normalized spacial score (nSPS) is 17.2. The van der Waals surface area contributed by atoms with Gasteiger partial charge in [0, 0.05) is 16.2 Å². The summed E-state index contributed by atoms with van der Waals surface area (Å²) in [6, 6.07) is 5.34. The molecule has 1 aliphatic rings. The Hall–Kier alpha value is -1.26. The number of nitrogens with one attached hydrogen (secondary N) is 1. The topological polar surface area (TPSA) is 64.3 Å². The van der Waals surface area contributed by atoms with E-state index in [1.165, 1.54) is 0 Å². The molecule has 0 saturated heterocycles. The molecule has 20 heavy (non-hydrogen) atoms. The van der Waals surface area contributed by atoms with Crippen molar-refractivity contribution in [2.75, 3.05) is 5.32 Å². The number of amides is 1. The molecule has 1 amide bonds. The van der Waals surface area contributed by atoms with Gasteiger partial charge in [-0.3, -0.25) is 5.32 Å². The molecule has 1 aromatic rings. The fourth-order valence-electron chi connectivity index (χ4n) is 2.28. The first-order valence-electron chi connectivity index (χ1n) is 6.79. The molecule has 3 N–H and O–H groups in total. The van der Waals surface area contributed by atoms with E-state index < -0.39 is 17.2 Å². The van der Waals surface area contributed by atoms with Gasteiger partial charge in [-0.15, -0.1) is 0 Å². The zero-order chi connectivity index (χ0) is 15.0. The van der Waals surface area contributed by atoms with Crippen LogP contribution in [0.3, 0.4) is 0 Å². The lowest BCUT2D eigenvalue weighted by Gasteiger charge is -2.39. The van der Waals surface area contributed by atoms with Crippen LogP contribution in [0.4, 0.5) is 10.5 Å². The van der Waals surface area contributed by atoms with Crippen molar-refractivity contribution in [3.8, 4) is 0 Å². The zero-order valence-corrected chi connectivity index (χ0v) is 12.9. The van der Waals surface area contributed by atoms with Crippen LogP contribution in [0.5, 0.6) is 0 Å². The van der Waals surface area contributed by atoms with Crippen LogP contribution in [0.25, 0.3) is 0 Å². The number of anilines is 1. The predicted octanol–water partition coefficient (Wildman–Crippen LogP) is 4.02. The van der Waals surface area contributed by atoms with Crippen LogP contribution in [0.15, 0.2) is 18.2 Å². The van der Waals surface area contributed by atoms with Gasteiger partial charge in [0.05, 0.1) is 0 Å². The summed E-state index contributed by atoms with van der Waals surface area (Å²) in [7, 11) is 0. The van der Waals surface area contributed by atoms with Gasteiger partial charge in [0.1, 0.15) is 5.60 Å². The summed E-state index contributed by atoms with van der Waals surface area (Å²) in [5, 5.41) is 3.39. The van der Waals surface area contributed by atoms with E-state index in [9.17, 15) is 4.79 Å². The van der Waals surface area contributed by atoms with Gasteiger partial charge in [-0.05, 0) is 63.8 Å². The van der Waals surface area contributed by atoms with Crippen molar-refractivity contribution in [2.24, 2.45) is 5.73 Å². The molecule has 0 heterocycles. The first-order valence-corrected chi connectivity index (χ1v) is 7.16. The summed E-state index contributed by atoms with van der Waals surface area (Å²) in [6.07, 6.45) is 2.41. The maximum Gasteiger partial charge on any atom is 0.412 e. The van der Waals surface area contributed by atoms with Crippen molar-refractivity contribution in [3.05, 3.63) is 28.8 Å². The van der Waals surface area contributed by atoms with Crippen LogP contribution in [-0.2, 0) is 10.3 Å². The van der Waals surface area contributed by atoms with Crippen molar-refractivity contribution in [1.29, 1.82) is 0 Å². The molecule has 0 aromatic heterocycles. The van der Waals surface area contributed by atoms with Gasteiger partial charge >= 0.3 is 6.09 Å². The molecule has 0 unspecified atom stereocenters. The Bertz CT molecular complexity index is 519. The van der Waals surface area contributed by atoms with Gasteiger partial charge in [-0.25, -0.2) is 4.79 Å². The Morgan fingerprint density at radius 2 is 2.05 bits per heavy atom. The van der Waals surface area contributed by atoms with Crippen molar-refractivity contribution in [2.45, 2.75) is 51.2 Å². The summed E-state index contributed by atoms with van der Waals surface area (Å²) in [4.78, 5) is 11.9. The Labute approximate surface area is 124 Å². The van der Waals surface area contributed by atoms with Crippen molar-refractivity contribution in [1.82, 2.24) is 0 Å². The van der Waals surface area contributed by atoms with Crippen molar-refractivity contribution < 1.29 is 9.53 Å². The van der Waals surface area contributed by atoms with E-state index >= 15 is 0 Å². The van der Waals surface area contributed by atoms with E-state index in [1.807, 2.05) is 26.8 Å². The maximum atomic E-state index is 11.9. The number of carbonyl (C=O) groups is 1. The Balaban J connectivity index is 2.21. The average molecular weight is 297 g/mol. The molecule has 1 aromatic carbocycles. The summed E-state index contributed by atoms with van der Waals surface area (Å²) in [6.45, 7) is 5.48. The summed E-state index contributed by atoms with van der Waals surface area (Å²) in [5.41, 5.74) is 6.97. The molecule has 5 heteroatoms. The van der Waals surface area contributed by atoms with Crippen LogP contribution < -0.4 is 11.1 Å². The second-order valence-corrected chi connectivity index (χ2v) is 6.76. The van der Waals surface area contributed by atoms with E-state index in [1.54, 1.807) is 12.1 Å². The second-order valence-electron chi connectivity index (χ2n) is 6.33. The predicted molar refractivity (Wildman–Crippen MR) is 81.0 cm³/mol. The summed E-state index contributed by atoms with van der Waals surface area (Å²) in [5.74, 6) is 0. The lowest BCUT2D eigenvalue weighted by molar-refractivity contribution is 0.0635. The molecule has 2 rings (SSSR count). The highest BCUT2D eigenvalue weighted by Crippen LogP contribution is 2.42. The number of halogens is 1. The molecule has 110 valence electrons. The number of hydrogen-bond donors (Lipinski definition) is 2. The fourth-order valence-corrected chi connectivity index (χ4v) is 2.45. The quantitative estimate of drug-likeness (QED) is 0.866. The number of carbonyl (C=O) groups excluding carboxylic acids is 1. The molecule has 1 aliphatic carbocycles. The monoisotopic (exact) mass is 296 g/mol. The molecule has 0 spiro atoms. The van der Waals surface area contributed by atoms with Gasteiger partial charge in [-0.2, -0.15) is 0 Å². The largest absolute Gasteiger partial charge is 0.444 e. The lowest BCUT2D eigenvalue weighted by Crippen LogP contribution is -2.44. The molecule has 1 saturated carbocycles. The van der Waals surface area contributed by atoms with Crippen LogP contribution in [0.1, 0.15) is 45.6 Å².